The fourth-order valence-corrected chi connectivity index (χ4v) is 5.47. The molecule has 0 fully saturated rings. The number of benzene rings is 2. The Kier molecular flexibility index (Phi) is 10.6. The van der Waals surface area contributed by atoms with E-state index < -0.39 is 10.0 Å². The quantitative estimate of drug-likeness (QED) is 0.426. The standard InChI is InChI=1S/C23H30Cl2N2O3S.ClH/c1-2-3-12-31(28,29)27-10-11-30-18-7-5-17-6-9-23(26)20(19(17)15-18)13-16-4-8-21(24)22(25)14-16;/h4-5,7-8,14-15,20,23,27H,2-3,6,9-13,26H2,1H3;1H. The molecule has 0 saturated heterocycles. The molecule has 2 aromatic rings. The highest BCUT2D eigenvalue weighted by Gasteiger charge is 2.28. The van der Waals surface area contributed by atoms with Gasteiger partial charge in [0.25, 0.3) is 0 Å². The molecule has 2 unspecified atom stereocenters. The van der Waals surface area contributed by atoms with Crippen LogP contribution in [0.4, 0.5) is 0 Å². The van der Waals surface area contributed by atoms with Gasteiger partial charge in [-0.3, -0.25) is 0 Å². The first kappa shape index (κ1) is 27.2. The van der Waals surface area contributed by atoms with Crippen LogP contribution in [0, 0.1) is 0 Å². The zero-order valence-electron chi connectivity index (χ0n) is 18.2. The lowest BCUT2D eigenvalue weighted by Crippen LogP contribution is -2.34. The maximum atomic E-state index is 11.9. The smallest absolute Gasteiger partial charge is 0.211 e. The molecule has 178 valence electrons. The molecule has 0 heterocycles. The van der Waals surface area contributed by atoms with Gasteiger partial charge in [-0.2, -0.15) is 0 Å². The number of nitrogens with one attached hydrogen (secondary N) is 1. The SMILES string of the molecule is CCCCS(=O)(=O)NCCOc1ccc2c(c1)C(Cc1ccc(Cl)c(Cl)c1)C(N)CC2.Cl. The number of hydrogen-bond acceptors (Lipinski definition) is 4. The summed E-state index contributed by atoms with van der Waals surface area (Å²) in [6.07, 6.45) is 4.13. The second-order valence-electron chi connectivity index (χ2n) is 8.04. The average molecular weight is 522 g/mol. The Morgan fingerprint density at radius 3 is 2.66 bits per heavy atom. The lowest BCUT2D eigenvalue weighted by atomic mass is 9.76. The third-order valence-electron chi connectivity index (χ3n) is 5.68. The van der Waals surface area contributed by atoms with Crippen LogP contribution in [-0.4, -0.2) is 33.4 Å². The van der Waals surface area contributed by atoms with Crippen LogP contribution in [-0.2, 0) is 22.9 Å². The molecule has 2 atom stereocenters. The van der Waals surface area contributed by atoms with Crippen molar-refractivity contribution in [3.63, 3.8) is 0 Å². The second kappa shape index (κ2) is 12.4. The summed E-state index contributed by atoms with van der Waals surface area (Å²) in [6, 6.07) is 11.8. The van der Waals surface area contributed by atoms with Crippen molar-refractivity contribution in [1.82, 2.24) is 4.72 Å². The minimum absolute atomic E-state index is 0. The summed E-state index contributed by atoms with van der Waals surface area (Å²) in [5.74, 6) is 1.02. The van der Waals surface area contributed by atoms with E-state index in [1.54, 1.807) is 0 Å². The van der Waals surface area contributed by atoms with Gasteiger partial charge in [0, 0.05) is 18.5 Å². The van der Waals surface area contributed by atoms with E-state index in [9.17, 15) is 8.42 Å². The van der Waals surface area contributed by atoms with Gasteiger partial charge in [-0.15, -0.1) is 12.4 Å². The molecule has 0 aliphatic heterocycles. The van der Waals surface area contributed by atoms with Gasteiger partial charge >= 0.3 is 0 Å². The molecule has 2 aromatic carbocycles. The van der Waals surface area contributed by atoms with E-state index in [0.29, 0.717) is 16.5 Å². The van der Waals surface area contributed by atoms with Crippen LogP contribution in [0.5, 0.6) is 5.75 Å². The lowest BCUT2D eigenvalue weighted by Gasteiger charge is -2.32. The summed E-state index contributed by atoms with van der Waals surface area (Å²) in [7, 11) is -3.24. The van der Waals surface area contributed by atoms with Gasteiger partial charge in [0.1, 0.15) is 12.4 Å². The Hall–Kier alpha value is -1.02. The Labute approximate surface area is 207 Å². The number of nitrogens with two attached hydrogens (primary N) is 1. The van der Waals surface area contributed by atoms with Crippen LogP contribution in [0.2, 0.25) is 10.0 Å². The van der Waals surface area contributed by atoms with E-state index in [0.717, 1.165) is 37.0 Å². The number of hydrogen-bond donors (Lipinski definition) is 2. The summed E-state index contributed by atoms with van der Waals surface area (Å²) >= 11 is 12.2. The fourth-order valence-electron chi connectivity index (χ4n) is 3.94. The average Bonchev–Trinajstić information content (AvgIpc) is 2.74. The molecule has 0 amide bonds. The molecular formula is C23H31Cl3N2O3S. The Morgan fingerprint density at radius 2 is 1.94 bits per heavy atom. The maximum Gasteiger partial charge on any atom is 0.211 e. The molecule has 1 aliphatic carbocycles. The Balaban J connectivity index is 0.00000363. The van der Waals surface area contributed by atoms with Crippen LogP contribution >= 0.6 is 35.6 Å². The molecular weight excluding hydrogens is 491 g/mol. The number of rotatable bonds is 10. The van der Waals surface area contributed by atoms with Crippen molar-refractivity contribution >= 4 is 45.6 Å². The number of halogens is 3. The first-order chi connectivity index (χ1) is 14.8. The first-order valence-corrected chi connectivity index (χ1v) is 13.1. The van der Waals surface area contributed by atoms with Crippen molar-refractivity contribution in [1.29, 1.82) is 0 Å². The van der Waals surface area contributed by atoms with Gasteiger partial charge in [-0.05, 0) is 66.6 Å². The minimum Gasteiger partial charge on any atom is -0.492 e. The fraction of sp³-hybridized carbons (Fsp3) is 0.478. The van der Waals surface area contributed by atoms with E-state index in [1.165, 1.54) is 11.1 Å². The van der Waals surface area contributed by atoms with Crippen LogP contribution < -0.4 is 15.2 Å². The predicted octanol–water partition coefficient (Wildman–Crippen LogP) is 5.11. The molecule has 0 spiro atoms. The van der Waals surface area contributed by atoms with Crippen molar-refractivity contribution < 1.29 is 13.2 Å². The van der Waals surface area contributed by atoms with Crippen molar-refractivity contribution in [3.8, 4) is 5.75 Å². The second-order valence-corrected chi connectivity index (χ2v) is 10.8. The number of fused-ring (bicyclic) bond motifs is 1. The molecule has 32 heavy (non-hydrogen) atoms. The monoisotopic (exact) mass is 520 g/mol. The molecule has 3 N–H and O–H groups in total. The van der Waals surface area contributed by atoms with Crippen LogP contribution in [0.25, 0.3) is 0 Å². The van der Waals surface area contributed by atoms with Gasteiger partial charge in [-0.25, -0.2) is 13.1 Å². The van der Waals surface area contributed by atoms with E-state index in [-0.39, 0.29) is 43.3 Å². The molecule has 0 radical (unpaired) electrons. The third kappa shape index (κ3) is 7.51. The topological polar surface area (TPSA) is 81.4 Å². The summed E-state index contributed by atoms with van der Waals surface area (Å²) in [6.45, 7) is 2.48. The maximum absolute atomic E-state index is 11.9. The molecule has 0 aromatic heterocycles. The summed E-state index contributed by atoms with van der Waals surface area (Å²) < 4.78 is 32.2. The zero-order valence-corrected chi connectivity index (χ0v) is 21.3. The van der Waals surface area contributed by atoms with Crippen molar-refractivity contribution in [3.05, 3.63) is 63.1 Å². The van der Waals surface area contributed by atoms with Gasteiger partial charge in [-0.1, -0.05) is 48.7 Å². The van der Waals surface area contributed by atoms with E-state index in [1.807, 2.05) is 37.3 Å². The normalized spacial score (nSPS) is 18.0. The van der Waals surface area contributed by atoms with Crippen molar-refractivity contribution in [2.75, 3.05) is 18.9 Å². The van der Waals surface area contributed by atoms with Crippen LogP contribution in [0.1, 0.15) is 48.8 Å². The minimum atomic E-state index is -3.24. The zero-order chi connectivity index (χ0) is 22.4. The summed E-state index contributed by atoms with van der Waals surface area (Å²) in [5.41, 5.74) is 10.0. The molecule has 0 bridgehead atoms. The van der Waals surface area contributed by atoms with E-state index in [2.05, 4.69) is 10.8 Å². The van der Waals surface area contributed by atoms with Crippen LogP contribution in [0.3, 0.4) is 0 Å². The summed E-state index contributed by atoms with van der Waals surface area (Å²) in [4.78, 5) is 0. The lowest BCUT2D eigenvalue weighted by molar-refractivity contribution is 0.321. The van der Waals surface area contributed by atoms with Crippen molar-refractivity contribution in [2.45, 2.75) is 51.0 Å². The van der Waals surface area contributed by atoms with Gasteiger partial charge in [0.2, 0.25) is 10.0 Å². The predicted molar refractivity (Wildman–Crippen MR) is 135 cm³/mol. The molecule has 1 aliphatic rings. The third-order valence-corrected chi connectivity index (χ3v) is 7.89. The van der Waals surface area contributed by atoms with Crippen molar-refractivity contribution in [2.24, 2.45) is 5.73 Å². The highest BCUT2D eigenvalue weighted by molar-refractivity contribution is 7.89. The number of sulfonamides is 1. The first-order valence-electron chi connectivity index (χ1n) is 10.7. The highest BCUT2D eigenvalue weighted by atomic mass is 35.5. The van der Waals surface area contributed by atoms with Crippen LogP contribution in [0.15, 0.2) is 36.4 Å². The van der Waals surface area contributed by atoms with Gasteiger partial charge in [0.05, 0.1) is 15.8 Å². The largest absolute Gasteiger partial charge is 0.492 e. The Morgan fingerprint density at radius 1 is 1.16 bits per heavy atom. The Bertz CT molecular complexity index is 1000. The number of ether oxygens (including phenoxy) is 1. The molecule has 5 nitrogen and oxygen atoms in total. The number of unbranched alkanes of at least 4 members (excludes halogenated alkanes) is 1. The molecule has 0 saturated carbocycles. The van der Waals surface area contributed by atoms with E-state index >= 15 is 0 Å². The highest BCUT2D eigenvalue weighted by Crippen LogP contribution is 2.36. The van der Waals surface area contributed by atoms with E-state index in [4.69, 9.17) is 33.7 Å². The summed E-state index contributed by atoms with van der Waals surface area (Å²) in [5, 5.41) is 1.09. The molecule has 3 rings (SSSR count). The number of aryl methyl sites for hydroxylation is 1. The molecule has 9 heteroatoms. The van der Waals surface area contributed by atoms with Gasteiger partial charge in [0.15, 0.2) is 0 Å². The van der Waals surface area contributed by atoms with Gasteiger partial charge < -0.3 is 10.5 Å².